The van der Waals surface area contributed by atoms with E-state index in [0.717, 1.165) is 6.42 Å². The first-order chi connectivity index (χ1) is 12.6. The van der Waals surface area contributed by atoms with E-state index in [9.17, 15) is 4.79 Å². The summed E-state index contributed by atoms with van der Waals surface area (Å²) in [5.41, 5.74) is 2.53. The van der Waals surface area contributed by atoms with Gasteiger partial charge in [0.05, 0.1) is 12.0 Å². The Balaban J connectivity index is 1.39. The smallest absolute Gasteiger partial charge is 0.284 e. The molecule has 2 aromatic heterocycles. The van der Waals surface area contributed by atoms with Crippen molar-refractivity contribution in [2.45, 2.75) is 31.4 Å². The van der Waals surface area contributed by atoms with E-state index in [1.54, 1.807) is 12.1 Å². The highest BCUT2D eigenvalue weighted by Gasteiger charge is 2.12. The summed E-state index contributed by atoms with van der Waals surface area (Å²) in [6.07, 6.45) is 2.34. The summed E-state index contributed by atoms with van der Waals surface area (Å²) in [4.78, 5) is 11.9. The second-order valence-electron chi connectivity index (χ2n) is 6.14. The number of hydrogen-bond donors (Lipinski definition) is 1. The van der Waals surface area contributed by atoms with Crippen LogP contribution in [0, 0.1) is 0 Å². The average Bonchev–Trinajstić information content (AvgIpc) is 3.32. The summed E-state index contributed by atoms with van der Waals surface area (Å²) in [5, 5.41) is 11.0. The third-order valence-corrected chi connectivity index (χ3v) is 4.67. The quantitative estimate of drug-likeness (QED) is 0.605. The largest absolute Gasteiger partial charge is 0.459 e. The van der Waals surface area contributed by atoms with Crippen molar-refractivity contribution in [3.05, 3.63) is 53.8 Å². The van der Waals surface area contributed by atoms with E-state index in [1.165, 1.54) is 29.2 Å². The molecular weight excluding hydrogens is 350 g/mol. The SMILES string of the molecule is CC(C)c1ccc(CCNC(=O)CSc2nnc(-c3ccco3)o2)cc1. The molecule has 7 heteroatoms. The minimum Gasteiger partial charge on any atom is -0.459 e. The fraction of sp³-hybridized carbons (Fsp3) is 0.316. The van der Waals surface area contributed by atoms with Gasteiger partial charge in [0.25, 0.3) is 11.1 Å². The van der Waals surface area contributed by atoms with Gasteiger partial charge < -0.3 is 14.2 Å². The zero-order valence-corrected chi connectivity index (χ0v) is 15.6. The van der Waals surface area contributed by atoms with Crippen molar-refractivity contribution in [3.63, 3.8) is 0 Å². The Hall–Kier alpha value is -2.54. The van der Waals surface area contributed by atoms with Crippen molar-refractivity contribution in [2.75, 3.05) is 12.3 Å². The van der Waals surface area contributed by atoms with Crippen LogP contribution in [-0.4, -0.2) is 28.4 Å². The zero-order chi connectivity index (χ0) is 18.4. The van der Waals surface area contributed by atoms with Gasteiger partial charge in [0, 0.05) is 6.54 Å². The number of benzene rings is 1. The average molecular weight is 371 g/mol. The number of carbonyl (C=O) groups excluding carboxylic acids is 1. The fourth-order valence-corrected chi connectivity index (χ4v) is 2.95. The topological polar surface area (TPSA) is 81.2 Å². The Bertz CT molecular complexity index is 826. The molecule has 0 atom stereocenters. The molecule has 2 heterocycles. The van der Waals surface area contributed by atoms with Crippen LogP contribution >= 0.6 is 11.8 Å². The van der Waals surface area contributed by atoms with Gasteiger partial charge in [0.15, 0.2) is 5.76 Å². The van der Waals surface area contributed by atoms with E-state index in [-0.39, 0.29) is 11.7 Å². The predicted molar refractivity (Wildman–Crippen MR) is 100.0 cm³/mol. The minimum absolute atomic E-state index is 0.0634. The predicted octanol–water partition coefficient (Wildman–Crippen LogP) is 3.90. The molecule has 1 aromatic carbocycles. The molecule has 0 saturated heterocycles. The van der Waals surface area contributed by atoms with Gasteiger partial charge >= 0.3 is 0 Å². The fourth-order valence-electron chi connectivity index (χ4n) is 2.36. The maximum atomic E-state index is 11.9. The number of thioether (sulfide) groups is 1. The molecule has 0 unspecified atom stereocenters. The number of carbonyl (C=O) groups is 1. The van der Waals surface area contributed by atoms with Gasteiger partial charge in [-0.05, 0) is 35.6 Å². The number of furan rings is 1. The summed E-state index contributed by atoms with van der Waals surface area (Å²) < 4.78 is 10.6. The van der Waals surface area contributed by atoms with Gasteiger partial charge in [-0.15, -0.1) is 10.2 Å². The van der Waals surface area contributed by atoms with E-state index in [4.69, 9.17) is 8.83 Å². The molecule has 136 valence electrons. The first-order valence-electron chi connectivity index (χ1n) is 8.47. The summed E-state index contributed by atoms with van der Waals surface area (Å²) in [5.74, 6) is 1.51. The Morgan fingerprint density at radius 1 is 1.19 bits per heavy atom. The third-order valence-electron chi connectivity index (χ3n) is 3.85. The number of nitrogens with zero attached hydrogens (tertiary/aromatic N) is 2. The molecule has 0 saturated carbocycles. The Kier molecular flexibility index (Phi) is 6.12. The monoisotopic (exact) mass is 371 g/mol. The zero-order valence-electron chi connectivity index (χ0n) is 14.8. The maximum absolute atomic E-state index is 11.9. The van der Waals surface area contributed by atoms with Gasteiger partial charge in [-0.1, -0.05) is 49.9 Å². The molecule has 3 aromatic rings. The Morgan fingerprint density at radius 2 is 2.00 bits per heavy atom. The summed E-state index contributed by atoms with van der Waals surface area (Å²) in [7, 11) is 0. The molecule has 0 fully saturated rings. The number of amides is 1. The summed E-state index contributed by atoms with van der Waals surface area (Å²) in [6, 6.07) is 12.0. The minimum atomic E-state index is -0.0634. The van der Waals surface area contributed by atoms with E-state index >= 15 is 0 Å². The van der Waals surface area contributed by atoms with Crippen LogP contribution in [0.1, 0.15) is 30.9 Å². The van der Waals surface area contributed by atoms with Crippen LogP contribution in [0.4, 0.5) is 0 Å². The lowest BCUT2D eigenvalue weighted by Crippen LogP contribution is -2.27. The van der Waals surface area contributed by atoms with Crippen LogP contribution in [0.25, 0.3) is 11.7 Å². The van der Waals surface area contributed by atoms with Crippen LogP contribution in [0.5, 0.6) is 0 Å². The first kappa shape index (κ1) is 18.3. The molecule has 0 radical (unpaired) electrons. The van der Waals surface area contributed by atoms with Crippen LogP contribution in [0.2, 0.25) is 0 Å². The number of rotatable bonds is 8. The van der Waals surface area contributed by atoms with Gasteiger partial charge in [-0.25, -0.2) is 0 Å². The van der Waals surface area contributed by atoms with Crippen molar-refractivity contribution in [1.29, 1.82) is 0 Å². The standard InChI is InChI=1S/C19H21N3O3S/c1-13(2)15-7-5-14(6-8-15)9-10-20-17(23)12-26-19-22-21-18(25-19)16-4-3-11-24-16/h3-8,11,13H,9-10,12H2,1-2H3,(H,20,23). The lowest BCUT2D eigenvalue weighted by molar-refractivity contribution is -0.118. The van der Waals surface area contributed by atoms with Gasteiger partial charge in [-0.3, -0.25) is 4.79 Å². The number of aromatic nitrogens is 2. The molecule has 0 bridgehead atoms. The third kappa shape index (κ3) is 4.98. The van der Waals surface area contributed by atoms with Gasteiger partial charge in [-0.2, -0.15) is 0 Å². The molecule has 1 N–H and O–H groups in total. The van der Waals surface area contributed by atoms with Crippen molar-refractivity contribution in [2.24, 2.45) is 0 Å². The Morgan fingerprint density at radius 3 is 2.69 bits per heavy atom. The highest BCUT2D eigenvalue weighted by molar-refractivity contribution is 7.99. The molecule has 0 spiro atoms. The highest BCUT2D eigenvalue weighted by atomic mass is 32.2. The molecule has 0 aliphatic heterocycles. The number of nitrogens with one attached hydrogen (secondary N) is 1. The molecule has 6 nitrogen and oxygen atoms in total. The van der Waals surface area contributed by atoms with E-state index < -0.39 is 0 Å². The first-order valence-corrected chi connectivity index (χ1v) is 9.46. The normalized spacial score (nSPS) is 11.0. The van der Waals surface area contributed by atoms with Crippen molar-refractivity contribution >= 4 is 17.7 Å². The highest BCUT2D eigenvalue weighted by Crippen LogP contribution is 2.23. The van der Waals surface area contributed by atoms with E-state index in [2.05, 4.69) is 53.6 Å². The van der Waals surface area contributed by atoms with Crippen LogP contribution in [0.3, 0.4) is 0 Å². The van der Waals surface area contributed by atoms with Crippen molar-refractivity contribution < 1.29 is 13.6 Å². The molecule has 26 heavy (non-hydrogen) atoms. The van der Waals surface area contributed by atoms with Crippen LogP contribution < -0.4 is 5.32 Å². The maximum Gasteiger partial charge on any atom is 0.284 e. The second-order valence-corrected chi connectivity index (χ2v) is 7.06. The lowest BCUT2D eigenvalue weighted by Gasteiger charge is -2.07. The summed E-state index contributed by atoms with van der Waals surface area (Å²) in [6.45, 7) is 4.95. The molecule has 3 rings (SSSR count). The molecular formula is C19H21N3O3S. The molecule has 0 aliphatic rings. The van der Waals surface area contributed by atoms with E-state index in [1.807, 2.05) is 0 Å². The van der Waals surface area contributed by atoms with Crippen molar-refractivity contribution in [3.8, 4) is 11.7 Å². The molecule has 1 amide bonds. The number of hydrogen-bond acceptors (Lipinski definition) is 6. The van der Waals surface area contributed by atoms with E-state index in [0.29, 0.717) is 29.3 Å². The Labute approximate surface area is 156 Å². The lowest BCUT2D eigenvalue weighted by atomic mass is 10.0. The van der Waals surface area contributed by atoms with Crippen molar-refractivity contribution in [1.82, 2.24) is 15.5 Å². The van der Waals surface area contributed by atoms with Crippen LogP contribution in [-0.2, 0) is 11.2 Å². The van der Waals surface area contributed by atoms with Crippen LogP contribution in [0.15, 0.2) is 56.7 Å². The van der Waals surface area contributed by atoms with Gasteiger partial charge in [0.1, 0.15) is 0 Å². The van der Waals surface area contributed by atoms with Gasteiger partial charge in [0.2, 0.25) is 5.91 Å². The summed E-state index contributed by atoms with van der Waals surface area (Å²) >= 11 is 1.20. The second kappa shape index (κ2) is 8.71. The molecule has 0 aliphatic carbocycles.